The first kappa shape index (κ1) is 23.1. The third kappa shape index (κ3) is 5.40. The fourth-order valence-corrected chi connectivity index (χ4v) is 3.83. The van der Waals surface area contributed by atoms with Crippen LogP contribution in [0.2, 0.25) is 0 Å². The molecule has 2 aromatic rings. The molecule has 4 N–H and O–H groups in total. The van der Waals surface area contributed by atoms with Gasteiger partial charge in [-0.3, -0.25) is 0 Å². The molecule has 0 aromatic heterocycles. The second kappa shape index (κ2) is 10.7. The highest BCUT2D eigenvalue weighted by atomic mass is 16.5. The number of aliphatic hydroxyl groups excluding tert-OH is 2. The Morgan fingerprint density at radius 1 is 1.06 bits per heavy atom. The summed E-state index contributed by atoms with van der Waals surface area (Å²) >= 11 is 0. The van der Waals surface area contributed by atoms with Crippen molar-refractivity contribution in [2.45, 2.75) is 37.8 Å². The SMILES string of the molecule is COc1cc(C2CCC(CNCC(O)c3ccc(O)c(CO)c3)O2)cc(OC)c1OC. The van der Waals surface area contributed by atoms with Gasteiger partial charge >= 0.3 is 0 Å². The molecule has 31 heavy (non-hydrogen) atoms. The molecule has 0 bridgehead atoms. The van der Waals surface area contributed by atoms with Gasteiger partial charge in [0, 0.05) is 18.7 Å². The van der Waals surface area contributed by atoms with Gasteiger partial charge in [0.05, 0.1) is 46.2 Å². The number of ether oxygens (including phenoxy) is 4. The zero-order chi connectivity index (χ0) is 22.4. The lowest BCUT2D eigenvalue weighted by atomic mass is 10.0. The summed E-state index contributed by atoms with van der Waals surface area (Å²) in [7, 11) is 4.75. The van der Waals surface area contributed by atoms with E-state index in [0.717, 1.165) is 18.4 Å². The summed E-state index contributed by atoms with van der Waals surface area (Å²) in [6, 6.07) is 8.55. The van der Waals surface area contributed by atoms with Crippen LogP contribution < -0.4 is 19.5 Å². The first-order chi connectivity index (χ1) is 15.0. The van der Waals surface area contributed by atoms with E-state index in [4.69, 9.17) is 18.9 Å². The molecule has 0 saturated carbocycles. The molecule has 1 fully saturated rings. The number of aromatic hydroxyl groups is 1. The Labute approximate surface area is 182 Å². The van der Waals surface area contributed by atoms with Crippen molar-refractivity contribution < 1.29 is 34.3 Å². The Morgan fingerprint density at radius 3 is 2.39 bits per heavy atom. The second-order valence-corrected chi connectivity index (χ2v) is 7.50. The Kier molecular flexibility index (Phi) is 7.97. The van der Waals surface area contributed by atoms with Gasteiger partial charge < -0.3 is 39.6 Å². The molecule has 1 aliphatic heterocycles. The summed E-state index contributed by atoms with van der Waals surface area (Å²) in [4.78, 5) is 0. The highest BCUT2D eigenvalue weighted by Gasteiger charge is 2.28. The highest BCUT2D eigenvalue weighted by molar-refractivity contribution is 5.54. The predicted molar refractivity (Wildman–Crippen MR) is 115 cm³/mol. The number of aliphatic hydroxyl groups is 2. The summed E-state index contributed by atoms with van der Waals surface area (Å²) in [5.74, 6) is 1.77. The Bertz CT molecular complexity index is 848. The maximum Gasteiger partial charge on any atom is 0.203 e. The lowest BCUT2D eigenvalue weighted by molar-refractivity contribution is 0.0425. The minimum atomic E-state index is -0.752. The summed E-state index contributed by atoms with van der Waals surface area (Å²) in [6.07, 6.45) is 0.945. The molecule has 8 heteroatoms. The highest BCUT2D eigenvalue weighted by Crippen LogP contribution is 2.43. The molecular weight excluding hydrogens is 402 g/mol. The van der Waals surface area contributed by atoms with E-state index in [1.165, 1.54) is 6.07 Å². The zero-order valence-electron chi connectivity index (χ0n) is 18.1. The monoisotopic (exact) mass is 433 g/mol. The summed E-state index contributed by atoms with van der Waals surface area (Å²) in [5.41, 5.74) is 2.00. The molecule has 2 aromatic carbocycles. The van der Waals surface area contributed by atoms with Gasteiger partial charge in [-0.15, -0.1) is 0 Å². The fourth-order valence-electron chi connectivity index (χ4n) is 3.83. The van der Waals surface area contributed by atoms with Gasteiger partial charge in [0.1, 0.15) is 5.75 Å². The zero-order valence-corrected chi connectivity index (χ0v) is 18.1. The van der Waals surface area contributed by atoms with Crippen LogP contribution in [-0.2, 0) is 11.3 Å². The summed E-state index contributed by atoms with van der Waals surface area (Å²) in [5, 5.41) is 32.6. The molecule has 3 rings (SSSR count). The first-order valence-corrected chi connectivity index (χ1v) is 10.3. The van der Waals surface area contributed by atoms with Crippen molar-refractivity contribution in [1.82, 2.24) is 5.32 Å². The van der Waals surface area contributed by atoms with Crippen LogP contribution in [0.1, 0.15) is 41.7 Å². The van der Waals surface area contributed by atoms with Crippen LogP contribution in [0.4, 0.5) is 0 Å². The van der Waals surface area contributed by atoms with Gasteiger partial charge in [-0.25, -0.2) is 0 Å². The van der Waals surface area contributed by atoms with Gasteiger partial charge in [0.15, 0.2) is 11.5 Å². The molecule has 3 atom stereocenters. The number of methoxy groups -OCH3 is 3. The molecule has 0 spiro atoms. The second-order valence-electron chi connectivity index (χ2n) is 7.50. The number of benzene rings is 2. The van der Waals surface area contributed by atoms with Gasteiger partial charge in [-0.05, 0) is 48.2 Å². The van der Waals surface area contributed by atoms with Crippen molar-refractivity contribution in [1.29, 1.82) is 0 Å². The van der Waals surface area contributed by atoms with E-state index in [1.807, 2.05) is 12.1 Å². The van der Waals surface area contributed by atoms with Crippen molar-refractivity contribution in [2.75, 3.05) is 34.4 Å². The minimum absolute atomic E-state index is 0.0172. The Morgan fingerprint density at radius 2 is 1.77 bits per heavy atom. The Hall–Kier alpha value is -2.52. The molecule has 1 heterocycles. The maximum absolute atomic E-state index is 10.4. The number of hydrogen-bond donors (Lipinski definition) is 4. The lowest BCUT2D eigenvalue weighted by Crippen LogP contribution is -2.30. The van der Waals surface area contributed by atoms with Crippen LogP contribution in [0.5, 0.6) is 23.0 Å². The van der Waals surface area contributed by atoms with Gasteiger partial charge in [-0.2, -0.15) is 0 Å². The minimum Gasteiger partial charge on any atom is -0.508 e. The van der Waals surface area contributed by atoms with E-state index >= 15 is 0 Å². The number of hydrogen-bond acceptors (Lipinski definition) is 8. The fraction of sp³-hybridized carbons (Fsp3) is 0.478. The van der Waals surface area contributed by atoms with Gasteiger partial charge in [0.25, 0.3) is 0 Å². The number of phenols is 1. The van der Waals surface area contributed by atoms with Crippen molar-refractivity contribution >= 4 is 0 Å². The van der Waals surface area contributed by atoms with E-state index in [9.17, 15) is 15.3 Å². The van der Waals surface area contributed by atoms with Crippen molar-refractivity contribution in [3.63, 3.8) is 0 Å². The van der Waals surface area contributed by atoms with E-state index in [0.29, 0.717) is 41.5 Å². The molecular formula is C23H31NO7. The smallest absolute Gasteiger partial charge is 0.203 e. The van der Waals surface area contributed by atoms with Crippen LogP contribution in [-0.4, -0.2) is 55.8 Å². The third-order valence-electron chi connectivity index (χ3n) is 5.53. The molecule has 0 amide bonds. The average Bonchev–Trinajstić information content (AvgIpc) is 3.27. The van der Waals surface area contributed by atoms with Crippen molar-refractivity contribution in [3.8, 4) is 23.0 Å². The topological polar surface area (TPSA) is 110 Å². The number of nitrogens with one attached hydrogen (secondary N) is 1. The molecule has 170 valence electrons. The molecule has 0 radical (unpaired) electrons. The molecule has 0 aliphatic carbocycles. The van der Waals surface area contributed by atoms with Crippen LogP contribution in [0.25, 0.3) is 0 Å². The largest absolute Gasteiger partial charge is 0.508 e. The van der Waals surface area contributed by atoms with Crippen molar-refractivity contribution in [3.05, 3.63) is 47.0 Å². The molecule has 1 aliphatic rings. The average molecular weight is 434 g/mol. The van der Waals surface area contributed by atoms with Gasteiger partial charge in [0.2, 0.25) is 5.75 Å². The molecule has 8 nitrogen and oxygen atoms in total. The maximum atomic E-state index is 10.4. The van der Waals surface area contributed by atoms with Crippen molar-refractivity contribution in [2.24, 2.45) is 0 Å². The summed E-state index contributed by atoms with van der Waals surface area (Å²) < 4.78 is 22.4. The van der Waals surface area contributed by atoms with E-state index in [1.54, 1.807) is 33.5 Å². The third-order valence-corrected chi connectivity index (χ3v) is 5.53. The lowest BCUT2D eigenvalue weighted by Gasteiger charge is -2.19. The summed E-state index contributed by atoms with van der Waals surface area (Å²) in [6.45, 7) is 0.658. The van der Waals surface area contributed by atoms with Crippen LogP contribution in [0, 0.1) is 0 Å². The van der Waals surface area contributed by atoms with E-state index in [2.05, 4.69) is 5.32 Å². The van der Waals surface area contributed by atoms with Gasteiger partial charge in [-0.1, -0.05) is 6.07 Å². The van der Waals surface area contributed by atoms with Crippen LogP contribution in [0.3, 0.4) is 0 Å². The first-order valence-electron chi connectivity index (χ1n) is 10.3. The predicted octanol–water partition coefficient (Wildman–Crippen LogP) is 2.45. The normalized spacial score (nSPS) is 19.3. The van der Waals surface area contributed by atoms with Crippen LogP contribution in [0.15, 0.2) is 30.3 Å². The van der Waals surface area contributed by atoms with Crippen LogP contribution >= 0.6 is 0 Å². The number of rotatable bonds is 10. The van der Waals surface area contributed by atoms with E-state index < -0.39 is 6.10 Å². The standard InChI is InChI=1S/C23H31NO7/c1-28-21-9-15(10-22(29-2)23(21)30-3)20-7-5-17(31-20)11-24-12-19(27)14-4-6-18(26)16(8-14)13-25/h4,6,8-10,17,19-20,24-27H,5,7,11-13H2,1-3H3. The Balaban J connectivity index is 1.55. The molecule has 1 saturated heterocycles. The molecule has 3 unspecified atom stereocenters. The quantitative estimate of drug-likeness (QED) is 0.452. The van der Waals surface area contributed by atoms with E-state index in [-0.39, 0.29) is 24.6 Å².